The molecule has 4 N–H and O–H groups in total. The molecular weight excluding hydrogens is 841 g/mol. The van der Waals surface area contributed by atoms with Crippen molar-refractivity contribution in [1.29, 1.82) is 0 Å². The van der Waals surface area contributed by atoms with Gasteiger partial charge in [0, 0.05) is 31.1 Å². The number of methoxy groups -OCH3 is 3. The fourth-order valence-corrected chi connectivity index (χ4v) is 8.66. The number of rotatable bonds is 17. The van der Waals surface area contributed by atoms with Crippen molar-refractivity contribution in [2.24, 2.45) is 11.8 Å². The number of alkyl carbamates (subject to hydrolysis) is 2. The van der Waals surface area contributed by atoms with Crippen LogP contribution in [0.5, 0.6) is 5.75 Å². The van der Waals surface area contributed by atoms with Gasteiger partial charge < -0.3 is 49.3 Å². The highest BCUT2D eigenvalue weighted by Gasteiger charge is 2.35. The van der Waals surface area contributed by atoms with Gasteiger partial charge in [-0.2, -0.15) is 0 Å². The van der Waals surface area contributed by atoms with Crippen molar-refractivity contribution in [2.75, 3.05) is 41.0 Å². The van der Waals surface area contributed by atoms with Gasteiger partial charge in [0.1, 0.15) is 36.1 Å². The Hall–Kier alpha value is -6.94. The molecule has 66 heavy (non-hydrogen) atoms. The van der Waals surface area contributed by atoms with Gasteiger partial charge in [-0.05, 0) is 84.0 Å². The Balaban J connectivity index is 1.16. The lowest BCUT2D eigenvalue weighted by atomic mass is 9.92. The smallest absolute Gasteiger partial charge is 0.407 e. The average molecular weight is 901 g/mol. The summed E-state index contributed by atoms with van der Waals surface area (Å²) in [4.78, 5) is 73.2. The van der Waals surface area contributed by atoms with Gasteiger partial charge in [0.15, 0.2) is 0 Å². The second-order valence-electron chi connectivity index (χ2n) is 17.3. The summed E-state index contributed by atoms with van der Waals surface area (Å²) >= 11 is 0. The number of H-pyrrole nitrogens is 2. The SMILES string of the molecule is CCCN(C(=O)[C@@H](NC(=O)OC)C(C)C)[C@@H](C)c1ncc(-c2ccc3c(c2)COc2cc4c(ccc5[nH]c([C@H](C)N(C[C@@H](C)COC)C(=O)[C@H](NC(=O)OC)c6ccccc6)nc54)cc2-3)[nH]1. The summed E-state index contributed by atoms with van der Waals surface area (Å²) in [5.74, 6) is 1.27. The van der Waals surface area contributed by atoms with E-state index in [9.17, 15) is 19.2 Å². The molecule has 16 nitrogen and oxygen atoms in total. The molecule has 0 saturated heterocycles. The Kier molecular flexibility index (Phi) is 14.6. The lowest BCUT2D eigenvalue weighted by molar-refractivity contribution is -0.137. The minimum atomic E-state index is -0.995. The van der Waals surface area contributed by atoms with E-state index in [2.05, 4.69) is 50.9 Å². The number of benzene rings is 4. The summed E-state index contributed by atoms with van der Waals surface area (Å²) in [6.45, 7) is 13.3. The van der Waals surface area contributed by atoms with Gasteiger partial charge in [0.05, 0.1) is 55.8 Å². The van der Waals surface area contributed by atoms with Gasteiger partial charge >= 0.3 is 12.2 Å². The van der Waals surface area contributed by atoms with E-state index >= 15 is 0 Å². The number of amides is 4. The molecule has 1 aliphatic heterocycles. The molecule has 0 spiro atoms. The molecule has 2 aromatic heterocycles. The summed E-state index contributed by atoms with van der Waals surface area (Å²) in [6, 6.07) is 20.9. The predicted octanol–water partition coefficient (Wildman–Crippen LogP) is 8.62. The number of hydrogen-bond acceptors (Lipinski definition) is 10. The van der Waals surface area contributed by atoms with Crippen LogP contribution in [0.25, 0.3) is 44.2 Å². The topological polar surface area (TPSA) is 193 Å². The predicted molar refractivity (Wildman–Crippen MR) is 251 cm³/mol. The van der Waals surface area contributed by atoms with Crippen molar-refractivity contribution >= 4 is 45.8 Å². The van der Waals surface area contributed by atoms with Crippen molar-refractivity contribution in [3.05, 3.63) is 102 Å². The summed E-state index contributed by atoms with van der Waals surface area (Å²) < 4.78 is 21.6. The van der Waals surface area contributed by atoms with Gasteiger partial charge in [-0.25, -0.2) is 19.6 Å². The van der Waals surface area contributed by atoms with E-state index in [0.717, 1.165) is 61.9 Å². The molecule has 7 rings (SSSR count). The highest BCUT2D eigenvalue weighted by molar-refractivity contribution is 6.07. The number of nitrogens with one attached hydrogen (secondary N) is 4. The number of nitrogens with zero attached hydrogens (tertiary/aromatic N) is 4. The first-order chi connectivity index (χ1) is 31.8. The van der Waals surface area contributed by atoms with Gasteiger partial charge in [-0.15, -0.1) is 0 Å². The molecule has 0 fully saturated rings. The zero-order valence-electron chi connectivity index (χ0n) is 39.1. The minimum absolute atomic E-state index is 0.0231. The number of imidazole rings is 2. The van der Waals surface area contributed by atoms with E-state index in [-0.39, 0.29) is 29.7 Å². The maximum absolute atomic E-state index is 14.5. The number of aromatic nitrogens is 4. The fraction of sp³-hybridized carbons (Fsp3) is 0.400. The molecule has 6 aromatic rings. The lowest BCUT2D eigenvalue weighted by Crippen LogP contribution is -2.52. The number of ether oxygens (including phenoxy) is 4. The molecule has 0 saturated carbocycles. The van der Waals surface area contributed by atoms with Crippen LogP contribution in [0.2, 0.25) is 0 Å². The van der Waals surface area contributed by atoms with Crippen molar-refractivity contribution < 1.29 is 38.1 Å². The molecule has 4 aromatic carbocycles. The van der Waals surface area contributed by atoms with Crippen LogP contribution < -0.4 is 15.4 Å². The molecular formula is C50H60N8O8. The second-order valence-corrected chi connectivity index (χ2v) is 17.3. The number of fused-ring (bicyclic) bond motifs is 6. The summed E-state index contributed by atoms with van der Waals surface area (Å²) in [5.41, 5.74) is 6.93. The zero-order chi connectivity index (χ0) is 47.2. The number of hydrogen-bond donors (Lipinski definition) is 4. The molecule has 3 heterocycles. The van der Waals surface area contributed by atoms with Crippen LogP contribution >= 0.6 is 0 Å². The van der Waals surface area contributed by atoms with Crippen molar-refractivity contribution in [1.82, 2.24) is 40.4 Å². The summed E-state index contributed by atoms with van der Waals surface area (Å²) in [7, 11) is 4.18. The van der Waals surface area contributed by atoms with Crippen LogP contribution in [-0.4, -0.2) is 101 Å². The van der Waals surface area contributed by atoms with Crippen LogP contribution in [0.15, 0.2) is 79.0 Å². The van der Waals surface area contributed by atoms with E-state index in [4.69, 9.17) is 28.9 Å². The molecule has 0 aliphatic carbocycles. The first-order valence-electron chi connectivity index (χ1n) is 22.4. The third-order valence-corrected chi connectivity index (χ3v) is 12.2. The number of aromatic amines is 2. The van der Waals surface area contributed by atoms with Crippen LogP contribution in [0.1, 0.15) is 88.9 Å². The highest BCUT2D eigenvalue weighted by Crippen LogP contribution is 2.43. The molecule has 0 radical (unpaired) electrons. The van der Waals surface area contributed by atoms with Crippen LogP contribution in [0.3, 0.4) is 0 Å². The molecule has 0 bridgehead atoms. The molecule has 0 unspecified atom stereocenters. The quantitative estimate of drug-likeness (QED) is 0.0689. The minimum Gasteiger partial charge on any atom is -0.488 e. The van der Waals surface area contributed by atoms with E-state index in [1.54, 1.807) is 35.2 Å². The first-order valence-corrected chi connectivity index (χ1v) is 22.4. The molecule has 4 amide bonds. The maximum atomic E-state index is 14.5. The molecule has 348 valence electrons. The third kappa shape index (κ3) is 9.83. The Labute approximate surface area is 384 Å². The largest absolute Gasteiger partial charge is 0.488 e. The molecule has 5 atom stereocenters. The Bertz CT molecular complexity index is 2700. The summed E-state index contributed by atoms with van der Waals surface area (Å²) in [6.07, 6.45) is 1.14. The number of carbonyl (C=O) groups is 4. The Morgan fingerprint density at radius 3 is 2.23 bits per heavy atom. The maximum Gasteiger partial charge on any atom is 0.407 e. The number of carbonyl (C=O) groups excluding carboxylic acids is 4. The average Bonchev–Trinajstić information content (AvgIpc) is 4.01. The van der Waals surface area contributed by atoms with Crippen LogP contribution in [0, 0.1) is 11.8 Å². The van der Waals surface area contributed by atoms with Crippen LogP contribution in [-0.2, 0) is 30.4 Å². The summed E-state index contributed by atoms with van der Waals surface area (Å²) in [5, 5.41) is 7.32. The van der Waals surface area contributed by atoms with E-state index < -0.39 is 30.3 Å². The van der Waals surface area contributed by atoms with E-state index in [0.29, 0.717) is 43.5 Å². The van der Waals surface area contributed by atoms with Crippen molar-refractivity contribution in [2.45, 2.75) is 78.7 Å². The van der Waals surface area contributed by atoms with Crippen LogP contribution in [0.4, 0.5) is 9.59 Å². The fourth-order valence-electron chi connectivity index (χ4n) is 8.66. The van der Waals surface area contributed by atoms with Gasteiger partial charge in [-0.1, -0.05) is 76.2 Å². The third-order valence-electron chi connectivity index (χ3n) is 12.2. The first kappa shape index (κ1) is 47.0. The monoisotopic (exact) mass is 900 g/mol. The van der Waals surface area contributed by atoms with Crippen molar-refractivity contribution in [3.8, 4) is 28.1 Å². The Morgan fingerprint density at radius 1 is 0.803 bits per heavy atom. The van der Waals surface area contributed by atoms with Gasteiger partial charge in [-0.3, -0.25) is 9.59 Å². The standard InChI is InChI=1S/C50H60N8O8/c1-10-20-57(47(59)42(28(2)3)55-49(61)64-8)30(5)45-51-24-40(53-45)34-16-18-36-35(21-34)27-66-41-23-37-33(22-38(36)41)17-19-39-44(37)54-46(52-39)31(6)58(25-29(4)26-63-7)48(60)43(56-50(62)65-9)32-14-12-11-13-15-32/h11-19,21-24,28-31,42-43H,10,20,25-27H2,1-9H3,(H,51,53)(H,52,54)(H,55,61)(H,56,62)/t29-,30+,31+,42+,43-/m1/s1. The van der Waals surface area contributed by atoms with Gasteiger partial charge in [0.2, 0.25) is 5.91 Å². The molecule has 16 heteroatoms. The molecule has 1 aliphatic rings. The second kappa shape index (κ2) is 20.5. The van der Waals surface area contributed by atoms with E-state index in [1.807, 2.05) is 71.9 Å². The normalized spacial score (nSPS) is 14.3. The Morgan fingerprint density at radius 2 is 1.53 bits per heavy atom. The highest BCUT2D eigenvalue weighted by atomic mass is 16.5. The van der Waals surface area contributed by atoms with E-state index in [1.165, 1.54) is 14.2 Å². The zero-order valence-corrected chi connectivity index (χ0v) is 39.1. The van der Waals surface area contributed by atoms with Crippen molar-refractivity contribution in [3.63, 3.8) is 0 Å². The van der Waals surface area contributed by atoms with Gasteiger partial charge in [0.25, 0.3) is 5.91 Å². The lowest BCUT2D eigenvalue weighted by Gasteiger charge is -2.33.